The first-order valence-electron chi connectivity index (χ1n) is 8.64. The van der Waals surface area contributed by atoms with Crippen LogP contribution in [-0.4, -0.2) is 34.3 Å². The molecule has 0 radical (unpaired) electrons. The largest absolute Gasteiger partial charge is 0.341 e. The third-order valence-corrected chi connectivity index (χ3v) is 6.63. The molecule has 3 amide bonds. The van der Waals surface area contributed by atoms with Gasteiger partial charge in [-0.2, -0.15) is 0 Å². The van der Waals surface area contributed by atoms with Crippen LogP contribution < -0.4 is 16.2 Å². The summed E-state index contributed by atoms with van der Waals surface area (Å²) in [7, 11) is 1.44. The van der Waals surface area contributed by atoms with Crippen molar-refractivity contribution < 1.29 is 9.59 Å². The summed E-state index contributed by atoms with van der Waals surface area (Å²) in [6.45, 7) is 4.62. The van der Waals surface area contributed by atoms with E-state index in [1.807, 2.05) is 6.92 Å². The second-order valence-electron chi connectivity index (χ2n) is 6.39. The highest BCUT2D eigenvalue weighted by Gasteiger charge is 2.24. The summed E-state index contributed by atoms with van der Waals surface area (Å²) in [5.74, 6) is 0.227. The van der Waals surface area contributed by atoms with Crippen LogP contribution in [-0.2, 0) is 24.2 Å². The minimum absolute atomic E-state index is 0.0213. The molecular weight excluding hydrogens is 372 g/mol. The Kier molecular flexibility index (Phi) is 5.67. The van der Waals surface area contributed by atoms with Gasteiger partial charge in [-0.25, -0.2) is 9.78 Å². The highest BCUT2D eigenvalue weighted by molar-refractivity contribution is 7.99. The first-order valence-corrected chi connectivity index (χ1v) is 10.4. The first kappa shape index (κ1) is 18.9. The van der Waals surface area contributed by atoms with Gasteiger partial charge in [-0.3, -0.25) is 19.5 Å². The lowest BCUT2D eigenvalue weighted by Crippen LogP contribution is -2.38. The number of thioether (sulfide) groups is 1. The average molecular weight is 395 g/mol. The molecule has 1 unspecified atom stereocenters. The third-order valence-electron chi connectivity index (χ3n) is 4.51. The fourth-order valence-corrected chi connectivity index (χ4v) is 5.44. The topological polar surface area (TPSA) is 93.1 Å². The smallest absolute Gasteiger partial charge is 0.321 e. The molecule has 9 heteroatoms. The van der Waals surface area contributed by atoms with Crippen molar-refractivity contribution in [3.63, 3.8) is 0 Å². The van der Waals surface area contributed by atoms with Gasteiger partial charge in [0.05, 0.1) is 11.1 Å². The van der Waals surface area contributed by atoms with Crippen LogP contribution in [0.25, 0.3) is 10.2 Å². The SMILES string of the molecule is CCn1c(SCC(=O)NC(=O)NC)nc2sc3c(c2c1=O)CCC(C)C3. The summed E-state index contributed by atoms with van der Waals surface area (Å²) in [5.41, 5.74) is 1.13. The van der Waals surface area contributed by atoms with Crippen LogP contribution in [0.3, 0.4) is 0 Å². The van der Waals surface area contributed by atoms with Gasteiger partial charge < -0.3 is 5.32 Å². The van der Waals surface area contributed by atoms with E-state index in [-0.39, 0.29) is 11.3 Å². The lowest BCUT2D eigenvalue weighted by molar-refractivity contribution is -0.117. The molecule has 1 aliphatic carbocycles. The molecule has 1 aliphatic rings. The summed E-state index contributed by atoms with van der Waals surface area (Å²) >= 11 is 2.77. The molecule has 0 saturated heterocycles. The van der Waals surface area contributed by atoms with Crippen molar-refractivity contribution in [2.24, 2.45) is 5.92 Å². The summed E-state index contributed by atoms with van der Waals surface area (Å²) in [4.78, 5) is 42.7. The molecule has 2 N–H and O–H groups in total. The van der Waals surface area contributed by atoms with Crippen LogP contribution >= 0.6 is 23.1 Å². The Labute approximate surface area is 159 Å². The lowest BCUT2D eigenvalue weighted by Gasteiger charge is -2.17. The van der Waals surface area contributed by atoms with E-state index in [2.05, 4.69) is 22.5 Å². The number of fused-ring (bicyclic) bond motifs is 3. The Bertz CT molecular complexity index is 919. The number of imide groups is 1. The zero-order chi connectivity index (χ0) is 18.8. The molecule has 140 valence electrons. The van der Waals surface area contributed by atoms with Gasteiger partial charge in [-0.1, -0.05) is 18.7 Å². The maximum Gasteiger partial charge on any atom is 0.321 e. The molecule has 1 atom stereocenters. The van der Waals surface area contributed by atoms with Crippen molar-refractivity contribution in [2.45, 2.75) is 44.8 Å². The monoisotopic (exact) mass is 394 g/mol. The molecular formula is C17H22N4O3S2. The molecule has 26 heavy (non-hydrogen) atoms. The first-order chi connectivity index (χ1) is 12.4. The van der Waals surface area contributed by atoms with Gasteiger partial charge in [0.2, 0.25) is 5.91 Å². The Morgan fingerprint density at radius 2 is 2.19 bits per heavy atom. The maximum atomic E-state index is 13.0. The van der Waals surface area contributed by atoms with Crippen LogP contribution in [0.4, 0.5) is 4.79 Å². The third kappa shape index (κ3) is 3.64. The van der Waals surface area contributed by atoms with E-state index in [1.54, 1.807) is 15.9 Å². The number of aromatic nitrogens is 2. The van der Waals surface area contributed by atoms with Gasteiger partial charge in [0.25, 0.3) is 5.56 Å². The predicted molar refractivity (Wildman–Crippen MR) is 104 cm³/mol. The number of carbonyl (C=O) groups is 2. The number of thiophene rings is 1. The van der Waals surface area contributed by atoms with Gasteiger partial charge in [0.1, 0.15) is 4.83 Å². The molecule has 2 heterocycles. The van der Waals surface area contributed by atoms with E-state index in [0.29, 0.717) is 17.6 Å². The van der Waals surface area contributed by atoms with E-state index in [4.69, 9.17) is 0 Å². The Morgan fingerprint density at radius 1 is 1.42 bits per heavy atom. The Hall–Kier alpha value is -1.87. The predicted octanol–water partition coefficient (Wildman–Crippen LogP) is 2.15. The fourth-order valence-electron chi connectivity index (χ4n) is 3.15. The van der Waals surface area contributed by atoms with Crippen molar-refractivity contribution in [1.82, 2.24) is 20.2 Å². The maximum absolute atomic E-state index is 13.0. The molecule has 2 aromatic heterocycles. The number of rotatable bonds is 4. The molecule has 0 spiro atoms. The number of amides is 3. The van der Waals surface area contributed by atoms with Gasteiger partial charge in [0.15, 0.2) is 5.16 Å². The Balaban J connectivity index is 1.92. The molecule has 0 saturated carbocycles. The standard InChI is InChI=1S/C17H22N4O3S2/c1-4-21-15(23)13-10-6-5-9(2)7-11(10)26-14(13)20-17(21)25-8-12(22)19-16(24)18-3/h9H,4-8H2,1-3H3,(H2,18,19,22,24). The van der Waals surface area contributed by atoms with Gasteiger partial charge in [-0.05, 0) is 37.7 Å². The molecule has 0 bridgehead atoms. The lowest BCUT2D eigenvalue weighted by atomic mass is 9.89. The van der Waals surface area contributed by atoms with Gasteiger partial charge in [0, 0.05) is 18.5 Å². The summed E-state index contributed by atoms with van der Waals surface area (Å²) < 4.78 is 1.62. The van der Waals surface area contributed by atoms with E-state index >= 15 is 0 Å². The van der Waals surface area contributed by atoms with E-state index in [1.165, 1.54) is 23.7 Å². The second kappa shape index (κ2) is 7.79. The van der Waals surface area contributed by atoms with Crippen LogP contribution in [0.2, 0.25) is 0 Å². The number of aryl methyl sites for hydroxylation is 1. The fraction of sp³-hybridized carbons (Fsp3) is 0.529. The zero-order valence-corrected chi connectivity index (χ0v) is 16.7. The van der Waals surface area contributed by atoms with Crippen LogP contribution in [0.5, 0.6) is 0 Å². The average Bonchev–Trinajstić information content (AvgIpc) is 2.97. The number of hydrogen-bond donors (Lipinski definition) is 2. The zero-order valence-electron chi connectivity index (χ0n) is 15.0. The van der Waals surface area contributed by atoms with E-state index in [9.17, 15) is 14.4 Å². The second-order valence-corrected chi connectivity index (χ2v) is 8.42. The quantitative estimate of drug-likeness (QED) is 0.612. The van der Waals surface area contributed by atoms with E-state index < -0.39 is 11.9 Å². The molecule has 0 aromatic carbocycles. The minimum atomic E-state index is -0.549. The van der Waals surface area contributed by atoms with Gasteiger partial charge >= 0.3 is 6.03 Å². The van der Waals surface area contributed by atoms with Gasteiger partial charge in [-0.15, -0.1) is 11.3 Å². The molecule has 3 rings (SSSR count). The number of hydrogen-bond acceptors (Lipinski definition) is 6. The number of carbonyl (C=O) groups excluding carboxylic acids is 2. The summed E-state index contributed by atoms with van der Waals surface area (Å²) in [6.07, 6.45) is 3.03. The van der Waals surface area contributed by atoms with Crippen LogP contribution in [0.1, 0.15) is 30.7 Å². The molecule has 0 fully saturated rings. The summed E-state index contributed by atoms with van der Waals surface area (Å²) in [6, 6.07) is -0.549. The van der Waals surface area contributed by atoms with Crippen molar-refractivity contribution in [3.8, 4) is 0 Å². The number of nitrogens with one attached hydrogen (secondary N) is 2. The molecule has 2 aromatic rings. The summed E-state index contributed by atoms with van der Waals surface area (Å²) in [5, 5.41) is 5.81. The Morgan fingerprint density at radius 3 is 2.88 bits per heavy atom. The van der Waals surface area contributed by atoms with Crippen LogP contribution in [0, 0.1) is 5.92 Å². The van der Waals surface area contributed by atoms with Crippen LogP contribution in [0.15, 0.2) is 9.95 Å². The minimum Gasteiger partial charge on any atom is -0.341 e. The van der Waals surface area contributed by atoms with Crippen molar-refractivity contribution in [1.29, 1.82) is 0 Å². The van der Waals surface area contributed by atoms with Crippen molar-refractivity contribution >= 4 is 45.3 Å². The normalized spacial score (nSPS) is 16.3. The number of nitrogens with zero attached hydrogens (tertiary/aromatic N) is 2. The number of urea groups is 1. The van der Waals surface area contributed by atoms with Crippen molar-refractivity contribution in [3.05, 3.63) is 20.8 Å². The van der Waals surface area contributed by atoms with Crippen molar-refractivity contribution in [2.75, 3.05) is 12.8 Å². The molecule has 0 aliphatic heterocycles. The highest BCUT2D eigenvalue weighted by atomic mass is 32.2. The highest BCUT2D eigenvalue weighted by Crippen LogP contribution is 2.36. The van der Waals surface area contributed by atoms with E-state index in [0.717, 1.165) is 35.0 Å². The molecule has 7 nitrogen and oxygen atoms in total.